The molecule has 1 amide bonds. The number of allylic oxidation sites excluding steroid dienone is 1. The Hall–Kier alpha value is -2.62. The van der Waals surface area contributed by atoms with Crippen molar-refractivity contribution in [3.05, 3.63) is 66.2 Å². The van der Waals surface area contributed by atoms with Crippen LogP contribution in [-0.4, -0.2) is 10.9 Å². The fraction of sp³-hybridized carbons (Fsp3) is 0.222. The third-order valence-electron chi connectivity index (χ3n) is 3.22. The van der Waals surface area contributed by atoms with Gasteiger partial charge in [0.1, 0.15) is 11.5 Å². The minimum Gasteiger partial charge on any atom is -0.461 e. The first-order valence-electron chi connectivity index (χ1n) is 7.38. The van der Waals surface area contributed by atoms with E-state index in [1.165, 1.54) is 0 Å². The maximum atomic E-state index is 12.0. The Morgan fingerprint density at radius 2 is 1.95 bits per heavy atom. The van der Waals surface area contributed by atoms with Crippen LogP contribution >= 0.6 is 0 Å². The number of pyridine rings is 1. The summed E-state index contributed by atoms with van der Waals surface area (Å²) in [4.78, 5) is 16.0. The van der Waals surface area contributed by atoms with Crippen molar-refractivity contribution < 1.29 is 9.53 Å². The molecule has 0 fully saturated rings. The van der Waals surface area contributed by atoms with E-state index >= 15 is 0 Å². The van der Waals surface area contributed by atoms with Crippen LogP contribution in [0.2, 0.25) is 0 Å². The van der Waals surface area contributed by atoms with Gasteiger partial charge in [-0.2, -0.15) is 0 Å². The van der Waals surface area contributed by atoms with E-state index in [1.807, 2.05) is 36.4 Å². The van der Waals surface area contributed by atoms with Gasteiger partial charge in [0.2, 0.25) is 0 Å². The molecule has 2 N–H and O–H groups in total. The molecule has 0 atom stereocenters. The second-order valence-corrected chi connectivity index (χ2v) is 4.92. The molecular formula is C18H20N2O2. The summed E-state index contributed by atoms with van der Waals surface area (Å²) in [6.45, 7) is 2.09. The van der Waals surface area contributed by atoms with Gasteiger partial charge in [0.25, 0.3) is 5.91 Å². The molecule has 0 spiro atoms. The number of unbranched alkanes of at least 4 members (excludes halogenated alkanes) is 1. The third kappa shape index (κ3) is 4.19. The first kappa shape index (κ1) is 15.8. The van der Waals surface area contributed by atoms with Gasteiger partial charge in [0, 0.05) is 24.4 Å². The molecule has 0 bridgehead atoms. The molecule has 4 nitrogen and oxygen atoms in total. The van der Waals surface area contributed by atoms with Crippen LogP contribution in [0, 0.1) is 0 Å². The van der Waals surface area contributed by atoms with E-state index in [-0.39, 0.29) is 0 Å². The predicted molar refractivity (Wildman–Crippen MR) is 86.9 cm³/mol. The number of primary amides is 1. The van der Waals surface area contributed by atoms with Crippen LogP contribution in [0.1, 0.15) is 31.7 Å². The molecule has 0 aliphatic heterocycles. The molecular weight excluding hydrogens is 276 g/mol. The van der Waals surface area contributed by atoms with Gasteiger partial charge in [-0.1, -0.05) is 37.6 Å². The number of para-hydroxylation sites is 1. The summed E-state index contributed by atoms with van der Waals surface area (Å²) < 4.78 is 5.95. The normalized spacial score (nSPS) is 11.7. The van der Waals surface area contributed by atoms with Crippen molar-refractivity contribution in [3.8, 4) is 5.75 Å². The Labute approximate surface area is 130 Å². The third-order valence-corrected chi connectivity index (χ3v) is 3.22. The van der Waals surface area contributed by atoms with Gasteiger partial charge in [-0.25, -0.2) is 0 Å². The zero-order valence-electron chi connectivity index (χ0n) is 12.7. The molecule has 114 valence electrons. The lowest BCUT2D eigenvalue weighted by molar-refractivity contribution is -0.112. The summed E-state index contributed by atoms with van der Waals surface area (Å²) in [5, 5.41) is 0. The number of carbonyl (C=O) groups is 1. The Kier molecular flexibility index (Phi) is 5.72. The largest absolute Gasteiger partial charge is 0.461 e. The van der Waals surface area contributed by atoms with Gasteiger partial charge < -0.3 is 10.5 Å². The van der Waals surface area contributed by atoms with Gasteiger partial charge >= 0.3 is 0 Å². The number of carbonyl (C=O) groups excluding carboxylic acids is 1. The highest BCUT2D eigenvalue weighted by molar-refractivity contribution is 6.19. The molecule has 0 saturated carbocycles. The standard InChI is InChI=1S/C18H20N2O2/c1-2-3-11-16(22-15-9-5-4-6-10-15)17(18(19)21)14-8-7-12-20-13-14/h4-10,12-13H,2-3,11H2,1H3,(H2,19,21). The van der Waals surface area contributed by atoms with E-state index in [9.17, 15) is 4.79 Å². The number of aromatic nitrogens is 1. The smallest absolute Gasteiger partial charge is 0.252 e. The summed E-state index contributed by atoms with van der Waals surface area (Å²) in [6, 6.07) is 13.0. The molecule has 0 radical (unpaired) electrons. The summed E-state index contributed by atoms with van der Waals surface area (Å²) in [5.74, 6) is 0.778. The Bertz CT molecular complexity index is 637. The highest BCUT2D eigenvalue weighted by Gasteiger charge is 2.17. The van der Waals surface area contributed by atoms with Crippen LogP contribution in [0.5, 0.6) is 5.75 Å². The van der Waals surface area contributed by atoms with Crippen LogP contribution in [0.4, 0.5) is 0 Å². The number of amides is 1. The molecule has 2 rings (SSSR count). The molecule has 0 saturated heterocycles. The molecule has 1 heterocycles. The van der Waals surface area contributed by atoms with Crippen LogP contribution < -0.4 is 10.5 Å². The number of hydrogen-bond acceptors (Lipinski definition) is 3. The van der Waals surface area contributed by atoms with Gasteiger partial charge in [-0.05, 0) is 24.6 Å². The molecule has 1 aromatic heterocycles. The lowest BCUT2D eigenvalue weighted by Gasteiger charge is -2.14. The average Bonchev–Trinajstić information content (AvgIpc) is 2.54. The highest BCUT2D eigenvalue weighted by Crippen LogP contribution is 2.25. The zero-order chi connectivity index (χ0) is 15.8. The first-order valence-corrected chi connectivity index (χ1v) is 7.38. The van der Waals surface area contributed by atoms with Gasteiger partial charge in [-0.3, -0.25) is 9.78 Å². The Morgan fingerprint density at radius 3 is 2.55 bits per heavy atom. The monoisotopic (exact) mass is 296 g/mol. The van der Waals surface area contributed by atoms with Crippen molar-refractivity contribution in [2.45, 2.75) is 26.2 Å². The van der Waals surface area contributed by atoms with E-state index in [4.69, 9.17) is 10.5 Å². The van der Waals surface area contributed by atoms with Crippen LogP contribution in [0.3, 0.4) is 0 Å². The second kappa shape index (κ2) is 7.98. The van der Waals surface area contributed by atoms with Crippen molar-refractivity contribution >= 4 is 11.5 Å². The minimum absolute atomic E-state index is 0.394. The summed E-state index contributed by atoms with van der Waals surface area (Å²) >= 11 is 0. The van der Waals surface area contributed by atoms with E-state index in [0.29, 0.717) is 29.1 Å². The van der Waals surface area contributed by atoms with E-state index in [2.05, 4.69) is 11.9 Å². The lowest BCUT2D eigenvalue weighted by atomic mass is 10.0. The second-order valence-electron chi connectivity index (χ2n) is 4.92. The van der Waals surface area contributed by atoms with E-state index in [0.717, 1.165) is 12.8 Å². The molecule has 22 heavy (non-hydrogen) atoms. The van der Waals surface area contributed by atoms with E-state index < -0.39 is 5.91 Å². The lowest BCUT2D eigenvalue weighted by Crippen LogP contribution is -2.17. The average molecular weight is 296 g/mol. The predicted octanol–water partition coefficient (Wildman–Crippen LogP) is 3.55. The van der Waals surface area contributed by atoms with Crippen molar-refractivity contribution in [1.29, 1.82) is 0 Å². The molecule has 0 aliphatic carbocycles. The number of benzene rings is 1. The van der Waals surface area contributed by atoms with Crippen molar-refractivity contribution in [1.82, 2.24) is 4.98 Å². The number of nitrogens with zero attached hydrogens (tertiary/aromatic N) is 1. The molecule has 1 aromatic carbocycles. The molecule has 0 unspecified atom stereocenters. The van der Waals surface area contributed by atoms with Gasteiger partial charge in [0.05, 0.1) is 5.57 Å². The maximum Gasteiger partial charge on any atom is 0.252 e. The summed E-state index contributed by atoms with van der Waals surface area (Å²) in [6.07, 6.45) is 5.85. The molecule has 2 aromatic rings. The summed E-state index contributed by atoms with van der Waals surface area (Å²) in [5.41, 5.74) is 6.66. The quantitative estimate of drug-likeness (QED) is 0.627. The van der Waals surface area contributed by atoms with Crippen molar-refractivity contribution in [3.63, 3.8) is 0 Å². The Balaban J connectivity index is 2.44. The fourth-order valence-corrected chi connectivity index (χ4v) is 2.15. The topological polar surface area (TPSA) is 65.2 Å². The molecule has 4 heteroatoms. The maximum absolute atomic E-state index is 12.0. The highest BCUT2D eigenvalue weighted by atomic mass is 16.5. The Morgan fingerprint density at radius 1 is 1.18 bits per heavy atom. The fourth-order valence-electron chi connectivity index (χ4n) is 2.15. The molecule has 0 aliphatic rings. The van der Waals surface area contributed by atoms with Crippen LogP contribution in [0.15, 0.2) is 60.6 Å². The van der Waals surface area contributed by atoms with Crippen molar-refractivity contribution in [2.24, 2.45) is 5.73 Å². The number of hydrogen-bond donors (Lipinski definition) is 1. The van der Waals surface area contributed by atoms with Crippen molar-refractivity contribution in [2.75, 3.05) is 0 Å². The summed E-state index contributed by atoms with van der Waals surface area (Å²) in [7, 11) is 0. The van der Waals surface area contributed by atoms with Crippen LogP contribution in [-0.2, 0) is 4.79 Å². The zero-order valence-corrected chi connectivity index (χ0v) is 12.7. The SMILES string of the molecule is CCCCC(Oc1ccccc1)=C(C(N)=O)c1cccnc1. The number of rotatable bonds is 7. The van der Waals surface area contributed by atoms with Crippen LogP contribution in [0.25, 0.3) is 5.57 Å². The number of ether oxygens (including phenoxy) is 1. The van der Waals surface area contributed by atoms with E-state index in [1.54, 1.807) is 18.5 Å². The number of nitrogens with two attached hydrogens (primary N) is 1. The van der Waals surface area contributed by atoms with Gasteiger partial charge in [0.15, 0.2) is 0 Å². The first-order chi connectivity index (χ1) is 10.7. The minimum atomic E-state index is -0.505. The van der Waals surface area contributed by atoms with Gasteiger partial charge in [-0.15, -0.1) is 0 Å².